The molecule has 0 spiro atoms. The van der Waals surface area contributed by atoms with Crippen LogP contribution in [0.1, 0.15) is 11.8 Å². The smallest absolute Gasteiger partial charge is 0.167 e. The first-order valence-corrected chi connectivity index (χ1v) is 11.0. The number of imidazole rings is 1. The molecular weight excluding hydrogens is 430 g/mol. The van der Waals surface area contributed by atoms with Crippen molar-refractivity contribution >= 4 is 17.0 Å². The fraction of sp³-hybridized carbons (Fsp3) is 0.500. The number of nitrogens with one attached hydrogen (secondary N) is 1. The van der Waals surface area contributed by atoms with Gasteiger partial charge in [-0.25, -0.2) is 15.0 Å². The molecule has 6 atom stereocenters. The standard InChI is InChI=1S/C22H27N5O6/c28-9-15-18(29)19(30)22(33-15)27-12-25-17-20(23-11-24-21(17)27)26-14(16-10-31-6-7-32-16)8-13-4-2-1-3-5-13/h1-5,11-12,14-16,18-19,22,28-30H,6-10H2,(H,23,24,26)/t14?,15-,16?,18?,19?,22-/m1/s1. The molecule has 0 radical (unpaired) electrons. The summed E-state index contributed by atoms with van der Waals surface area (Å²) in [5.74, 6) is 0.514. The first kappa shape index (κ1) is 22.1. The topological polar surface area (TPSA) is 144 Å². The second-order valence-corrected chi connectivity index (χ2v) is 8.20. The molecule has 5 rings (SSSR count). The van der Waals surface area contributed by atoms with Gasteiger partial charge in [-0.05, 0) is 12.0 Å². The van der Waals surface area contributed by atoms with Crippen LogP contribution >= 0.6 is 0 Å². The van der Waals surface area contributed by atoms with Crippen LogP contribution in [0, 0.1) is 0 Å². The number of fused-ring (bicyclic) bond motifs is 1. The van der Waals surface area contributed by atoms with E-state index in [1.165, 1.54) is 17.2 Å². The molecule has 11 heteroatoms. The lowest BCUT2D eigenvalue weighted by Gasteiger charge is -2.31. The summed E-state index contributed by atoms with van der Waals surface area (Å²) < 4.78 is 18.8. The third-order valence-electron chi connectivity index (χ3n) is 6.06. The van der Waals surface area contributed by atoms with Crippen molar-refractivity contribution in [3.8, 4) is 0 Å². The van der Waals surface area contributed by atoms with Gasteiger partial charge in [-0.1, -0.05) is 30.3 Å². The Morgan fingerprint density at radius 1 is 1.09 bits per heavy atom. The second-order valence-electron chi connectivity index (χ2n) is 8.20. The third kappa shape index (κ3) is 4.43. The van der Waals surface area contributed by atoms with Crippen molar-refractivity contribution in [2.75, 3.05) is 31.7 Å². The van der Waals surface area contributed by atoms with Crippen LogP contribution in [0.5, 0.6) is 0 Å². The van der Waals surface area contributed by atoms with Gasteiger partial charge < -0.3 is 34.8 Å². The summed E-state index contributed by atoms with van der Waals surface area (Å²) in [5, 5.41) is 33.4. The lowest BCUT2D eigenvalue weighted by atomic mass is 10.0. The summed E-state index contributed by atoms with van der Waals surface area (Å²) in [4.78, 5) is 13.2. The summed E-state index contributed by atoms with van der Waals surface area (Å²) in [6, 6.07) is 9.95. The van der Waals surface area contributed by atoms with Gasteiger partial charge in [-0.2, -0.15) is 0 Å². The molecule has 4 unspecified atom stereocenters. The highest BCUT2D eigenvalue weighted by molar-refractivity contribution is 5.82. The second kappa shape index (κ2) is 9.67. The Kier molecular flexibility index (Phi) is 6.49. The molecule has 2 aromatic heterocycles. The minimum atomic E-state index is -1.23. The highest BCUT2D eigenvalue weighted by Gasteiger charge is 2.44. The van der Waals surface area contributed by atoms with E-state index in [-0.39, 0.29) is 12.1 Å². The van der Waals surface area contributed by atoms with E-state index in [1.54, 1.807) is 0 Å². The maximum Gasteiger partial charge on any atom is 0.167 e. The quantitative estimate of drug-likeness (QED) is 0.379. The Hall–Kier alpha value is -2.67. The monoisotopic (exact) mass is 457 g/mol. The molecule has 2 saturated heterocycles. The van der Waals surface area contributed by atoms with E-state index in [2.05, 4.69) is 32.4 Å². The van der Waals surface area contributed by atoms with Crippen LogP contribution in [-0.4, -0.2) is 91.7 Å². The van der Waals surface area contributed by atoms with Crippen LogP contribution in [0.2, 0.25) is 0 Å². The predicted octanol–water partition coefficient (Wildman–Crippen LogP) is -0.124. The molecule has 2 aliphatic rings. The van der Waals surface area contributed by atoms with Gasteiger partial charge >= 0.3 is 0 Å². The zero-order valence-corrected chi connectivity index (χ0v) is 17.9. The van der Waals surface area contributed by atoms with Gasteiger partial charge in [0, 0.05) is 0 Å². The Bertz CT molecular complexity index is 1060. The average molecular weight is 457 g/mol. The molecule has 3 aromatic rings. The van der Waals surface area contributed by atoms with Crippen LogP contribution in [0.25, 0.3) is 11.2 Å². The zero-order valence-electron chi connectivity index (χ0n) is 17.9. The SMILES string of the molecule is OC[C@H]1O[C@@H](n2cnc3c(NC(Cc4ccccc4)C4COCCO4)ncnc32)C(O)C1O. The molecule has 11 nitrogen and oxygen atoms in total. The maximum absolute atomic E-state index is 10.4. The summed E-state index contributed by atoms with van der Waals surface area (Å²) in [5.41, 5.74) is 2.07. The van der Waals surface area contributed by atoms with E-state index in [4.69, 9.17) is 14.2 Å². The van der Waals surface area contributed by atoms with Gasteiger partial charge in [0.1, 0.15) is 30.7 Å². The van der Waals surface area contributed by atoms with Gasteiger partial charge in [-0.15, -0.1) is 0 Å². The van der Waals surface area contributed by atoms with Crippen molar-refractivity contribution in [3.63, 3.8) is 0 Å². The van der Waals surface area contributed by atoms with Gasteiger partial charge in [0.2, 0.25) is 0 Å². The van der Waals surface area contributed by atoms with Crippen molar-refractivity contribution in [1.82, 2.24) is 19.5 Å². The molecule has 2 aliphatic heterocycles. The Morgan fingerprint density at radius 2 is 1.94 bits per heavy atom. The van der Waals surface area contributed by atoms with Crippen LogP contribution in [0.3, 0.4) is 0 Å². The number of aliphatic hydroxyl groups is 3. The highest BCUT2D eigenvalue weighted by atomic mass is 16.6. The van der Waals surface area contributed by atoms with Crippen LogP contribution in [0.4, 0.5) is 5.82 Å². The lowest BCUT2D eigenvalue weighted by molar-refractivity contribution is -0.0943. The molecule has 0 amide bonds. The van der Waals surface area contributed by atoms with E-state index in [9.17, 15) is 15.3 Å². The lowest BCUT2D eigenvalue weighted by Crippen LogP contribution is -2.44. The van der Waals surface area contributed by atoms with Crippen LogP contribution in [-0.2, 0) is 20.6 Å². The van der Waals surface area contributed by atoms with Crippen LogP contribution in [0.15, 0.2) is 43.0 Å². The number of anilines is 1. The Morgan fingerprint density at radius 3 is 2.67 bits per heavy atom. The molecule has 2 fully saturated rings. The third-order valence-corrected chi connectivity index (χ3v) is 6.06. The molecular formula is C22H27N5O6. The summed E-state index contributed by atoms with van der Waals surface area (Å²) in [7, 11) is 0. The van der Waals surface area contributed by atoms with Gasteiger partial charge in [0.25, 0.3) is 0 Å². The van der Waals surface area contributed by atoms with E-state index in [0.717, 1.165) is 5.56 Å². The number of aliphatic hydroxyl groups excluding tert-OH is 3. The van der Waals surface area contributed by atoms with Crippen LogP contribution < -0.4 is 5.32 Å². The minimum Gasteiger partial charge on any atom is -0.394 e. The maximum atomic E-state index is 10.4. The summed E-state index contributed by atoms with van der Waals surface area (Å²) in [6.45, 7) is 1.15. The molecule has 1 aromatic carbocycles. The molecule has 0 aliphatic carbocycles. The normalized spacial score (nSPS) is 28.8. The van der Waals surface area contributed by atoms with E-state index in [1.807, 2.05) is 18.2 Å². The molecule has 33 heavy (non-hydrogen) atoms. The minimum absolute atomic E-state index is 0.134. The number of hydrogen-bond donors (Lipinski definition) is 4. The number of ether oxygens (including phenoxy) is 3. The molecule has 0 bridgehead atoms. The number of rotatable bonds is 7. The molecule has 176 valence electrons. The molecule has 4 heterocycles. The first-order chi connectivity index (χ1) is 16.2. The number of aromatic nitrogens is 4. The number of hydrogen-bond acceptors (Lipinski definition) is 10. The van der Waals surface area contributed by atoms with Crippen molar-refractivity contribution in [2.24, 2.45) is 0 Å². The fourth-order valence-electron chi connectivity index (χ4n) is 4.31. The van der Waals surface area contributed by atoms with Crippen molar-refractivity contribution in [2.45, 2.75) is 43.1 Å². The Balaban J connectivity index is 1.43. The van der Waals surface area contributed by atoms with E-state index in [0.29, 0.717) is 43.2 Å². The van der Waals surface area contributed by atoms with E-state index < -0.39 is 31.1 Å². The van der Waals surface area contributed by atoms with Gasteiger partial charge in [0.15, 0.2) is 23.2 Å². The highest BCUT2D eigenvalue weighted by Crippen LogP contribution is 2.32. The average Bonchev–Trinajstić information content (AvgIpc) is 3.41. The van der Waals surface area contributed by atoms with Gasteiger partial charge in [-0.3, -0.25) is 4.57 Å². The first-order valence-electron chi connectivity index (χ1n) is 11.0. The van der Waals surface area contributed by atoms with Gasteiger partial charge in [0.05, 0.1) is 38.8 Å². The van der Waals surface area contributed by atoms with Crippen molar-refractivity contribution in [3.05, 3.63) is 48.5 Å². The predicted molar refractivity (Wildman–Crippen MR) is 116 cm³/mol. The summed E-state index contributed by atoms with van der Waals surface area (Å²) in [6.07, 6.45) is -0.859. The fourth-order valence-corrected chi connectivity index (χ4v) is 4.31. The largest absolute Gasteiger partial charge is 0.394 e. The van der Waals surface area contributed by atoms with E-state index >= 15 is 0 Å². The summed E-state index contributed by atoms with van der Waals surface area (Å²) >= 11 is 0. The van der Waals surface area contributed by atoms with Crippen molar-refractivity contribution < 1.29 is 29.5 Å². The molecule has 4 N–H and O–H groups in total. The zero-order chi connectivity index (χ0) is 22.8. The number of nitrogens with zero attached hydrogens (tertiary/aromatic N) is 4. The Labute approximate surface area is 190 Å². The molecule has 0 saturated carbocycles. The number of benzene rings is 1. The van der Waals surface area contributed by atoms with Crippen molar-refractivity contribution in [1.29, 1.82) is 0 Å².